The van der Waals surface area contributed by atoms with Crippen LogP contribution in [0.1, 0.15) is 40.7 Å². The highest BCUT2D eigenvalue weighted by atomic mass is 35.5. The third-order valence-corrected chi connectivity index (χ3v) is 5.34. The fourth-order valence-corrected chi connectivity index (χ4v) is 3.53. The zero-order chi connectivity index (χ0) is 23.8. The molecule has 1 aromatic heterocycles. The number of amides is 1. The number of amidine groups is 1. The summed E-state index contributed by atoms with van der Waals surface area (Å²) in [6, 6.07) is 12.2. The van der Waals surface area contributed by atoms with E-state index in [1.807, 2.05) is 31.2 Å². The minimum atomic E-state index is -0.855. The third-order valence-electron chi connectivity index (χ3n) is 5.03. The van der Waals surface area contributed by atoms with E-state index in [2.05, 4.69) is 15.6 Å². The number of aryl methyl sites for hydroxylation is 1. The van der Waals surface area contributed by atoms with Gasteiger partial charge in [0.2, 0.25) is 5.89 Å². The number of rotatable bonds is 10. The van der Waals surface area contributed by atoms with E-state index in [-0.39, 0.29) is 16.4 Å². The van der Waals surface area contributed by atoms with Gasteiger partial charge in [0, 0.05) is 12.1 Å². The second-order valence-corrected chi connectivity index (χ2v) is 7.86. The van der Waals surface area contributed by atoms with E-state index in [9.17, 15) is 9.18 Å². The maximum atomic E-state index is 13.1. The highest BCUT2D eigenvalue weighted by molar-refractivity contribution is 6.34. The fourth-order valence-electron chi connectivity index (χ4n) is 3.28. The van der Waals surface area contributed by atoms with Crippen LogP contribution in [0.2, 0.25) is 5.02 Å². The Labute approximate surface area is 196 Å². The van der Waals surface area contributed by atoms with Crippen molar-refractivity contribution in [1.82, 2.24) is 15.6 Å². The summed E-state index contributed by atoms with van der Waals surface area (Å²) in [5.41, 5.74) is 2.22. The number of nitrogens with one attached hydrogen (secondary N) is 3. The number of carbonyl (C=O) groups is 1. The molecule has 1 atom stereocenters. The lowest BCUT2D eigenvalue weighted by Gasteiger charge is -2.18. The zero-order valence-electron chi connectivity index (χ0n) is 18.5. The lowest BCUT2D eigenvalue weighted by molar-refractivity contribution is 0.0924. The maximum Gasteiger partial charge on any atom is 0.257 e. The summed E-state index contributed by atoms with van der Waals surface area (Å²) < 4.78 is 23.8. The van der Waals surface area contributed by atoms with Crippen LogP contribution in [0.15, 0.2) is 53.1 Å². The first-order valence-electron chi connectivity index (χ1n) is 10.5. The van der Waals surface area contributed by atoms with Crippen LogP contribution in [0.4, 0.5) is 4.39 Å². The molecule has 1 heterocycles. The van der Waals surface area contributed by atoms with Gasteiger partial charge >= 0.3 is 0 Å². The fraction of sp³-hybridized carbons (Fsp3) is 0.292. The Bertz CT molecular complexity index is 1100. The number of ether oxygens (including phenoxy) is 1. The number of hydrogen-bond acceptors (Lipinski definition) is 5. The molecular formula is C24H26ClFN4O3. The molecule has 7 nitrogen and oxygen atoms in total. The van der Waals surface area contributed by atoms with E-state index in [1.54, 1.807) is 24.4 Å². The summed E-state index contributed by atoms with van der Waals surface area (Å²) in [4.78, 5) is 17.5. The molecule has 174 valence electrons. The van der Waals surface area contributed by atoms with E-state index in [0.717, 1.165) is 11.1 Å². The topological polar surface area (TPSA) is 100 Å². The summed E-state index contributed by atoms with van der Waals surface area (Å²) in [5, 5.41) is 13.3. The lowest BCUT2D eigenvalue weighted by Crippen LogP contribution is -2.31. The molecule has 0 saturated heterocycles. The van der Waals surface area contributed by atoms with Gasteiger partial charge in [-0.05, 0) is 31.9 Å². The van der Waals surface area contributed by atoms with Crippen molar-refractivity contribution in [3.63, 3.8) is 0 Å². The Kier molecular flexibility index (Phi) is 8.43. The van der Waals surface area contributed by atoms with Gasteiger partial charge in [-0.2, -0.15) is 0 Å². The highest BCUT2D eigenvalue weighted by Gasteiger charge is 2.24. The molecule has 0 unspecified atom stereocenters. The van der Waals surface area contributed by atoms with Crippen LogP contribution in [-0.2, 0) is 0 Å². The Balaban J connectivity index is 1.81. The predicted octanol–water partition coefficient (Wildman–Crippen LogP) is 5.10. The van der Waals surface area contributed by atoms with Gasteiger partial charge in [-0.25, -0.2) is 9.37 Å². The molecule has 2 aromatic carbocycles. The molecule has 3 rings (SSSR count). The number of aromatic nitrogens is 1. The Hall–Kier alpha value is -3.39. The molecule has 3 N–H and O–H groups in total. The summed E-state index contributed by atoms with van der Waals surface area (Å²) in [7, 11) is 1.47. The summed E-state index contributed by atoms with van der Waals surface area (Å²) >= 11 is 6.26. The smallest absolute Gasteiger partial charge is 0.257 e. The zero-order valence-corrected chi connectivity index (χ0v) is 19.2. The Morgan fingerprint density at radius 3 is 2.73 bits per heavy atom. The van der Waals surface area contributed by atoms with Crippen molar-refractivity contribution >= 4 is 23.3 Å². The number of carbonyl (C=O) groups excluding carboxylic acids is 1. The monoisotopic (exact) mass is 472 g/mol. The average Bonchev–Trinajstić information content (AvgIpc) is 3.31. The first-order chi connectivity index (χ1) is 15.9. The first-order valence-corrected chi connectivity index (χ1v) is 10.8. The van der Waals surface area contributed by atoms with Gasteiger partial charge in [0.05, 0.1) is 23.9 Å². The van der Waals surface area contributed by atoms with Gasteiger partial charge < -0.3 is 19.8 Å². The maximum absolute atomic E-state index is 13.1. The van der Waals surface area contributed by atoms with Crippen molar-refractivity contribution in [2.75, 3.05) is 20.3 Å². The van der Waals surface area contributed by atoms with Gasteiger partial charge in [0.1, 0.15) is 24.3 Å². The first kappa shape index (κ1) is 24.3. The van der Waals surface area contributed by atoms with E-state index in [4.69, 9.17) is 26.2 Å². The van der Waals surface area contributed by atoms with Gasteiger partial charge in [-0.3, -0.25) is 10.2 Å². The molecule has 0 aliphatic carbocycles. The predicted molar refractivity (Wildman–Crippen MR) is 126 cm³/mol. The SMILES string of the molecule is COc1cccc(Cl)c1C(=O)N[C@@H](CCCNC(=N)CF)c1ncc(-c2ccc(C)cc2)o1. The van der Waals surface area contributed by atoms with Crippen molar-refractivity contribution in [2.24, 2.45) is 0 Å². The van der Waals surface area contributed by atoms with Crippen molar-refractivity contribution in [1.29, 1.82) is 5.41 Å². The van der Waals surface area contributed by atoms with Crippen molar-refractivity contribution < 1.29 is 18.3 Å². The minimum absolute atomic E-state index is 0.186. The van der Waals surface area contributed by atoms with E-state index in [1.165, 1.54) is 7.11 Å². The Morgan fingerprint density at radius 2 is 2.03 bits per heavy atom. The molecule has 0 radical (unpaired) electrons. The number of oxazole rings is 1. The summed E-state index contributed by atoms with van der Waals surface area (Å²) in [5.74, 6) is 0.656. The van der Waals surface area contributed by atoms with Crippen molar-refractivity contribution in [3.05, 3.63) is 70.7 Å². The molecule has 0 saturated carbocycles. The van der Waals surface area contributed by atoms with Crippen molar-refractivity contribution in [2.45, 2.75) is 25.8 Å². The molecule has 0 aliphatic rings. The quantitative estimate of drug-likeness (QED) is 0.216. The summed E-state index contributed by atoms with van der Waals surface area (Å²) in [6.45, 7) is 1.52. The number of nitrogens with zero attached hydrogens (tertiary/aromatic N) is 1. The lowest BCUT2D eigenvalue weighted by atomic mass is 10.1. The number of methoxy groups -OCH3 is 1. The summed E-state index contributed by atoms with van der Waals surface area (Å²) in [6.07, 6.45) is 2.60. The van der Waals surface area contributed by atoms with Crippen LogP contribution < -0.4 is 15.4 Å². The second kappa shape index (κ2) is 11.5. The second-order valence-electron chi connectivity index (χ2n) is 7.45. The molecule has 3 aromatic rings. The molecule has 0 aliphatic heterocycles. The van der Waals surface area contributed by atoms with Gasteiger partial charge in [0.15, 0.2) is 5.76 Å². The van der Waals surface area contributed by atoms with Crippen molar-refractivity contribution in [3.8, 4) is 17.1 Å². The number of halogens is 2. The molecule has 33 heavy (non-hydrogen) atoms. The molecule has 9 heteroatoms. The van der Waals surface area contributed by atoms with Crippen LogP contribution in [0.25, 0.3) is 11.3 Å². The highest BCUT2D eigenvalue weighted by Crippen LogP contribution is 2.29. The molecule has 0 spiro atoms. The van der Waals surface area contributed by atoms with E-state index < -0.39 is 18.6 Å². The van der Waals surface area contributed by atoms with E-state index in [0.29, 0.717) is 36.8 Å². The minimum Gasteiger partial charge on any atom is -0.496 e. The number of benzene rings is 2. The van der Waals surface area contributed by atoms with Crippen LogP contribution in [-0.4, -0.2) is 37.1 Å². The normalized spacial score (nSPS) is 11.6. The van der Waals surface area contributed by atoms with Gasteiger partial charge in [-0.1, -0.05) is 47.5 Å². The van der Waals surface area contributed by atoms with Gasteiger partial charge in [-0.15, -0.1) is 0 Å². The van der Waals surface area contributed by atoms with E-state index >= 15 is 0 Å². The van der Waals surface area contributed by atoms with Crippen LogP contribution >= 0.6 is 11.6 Å². The molecular weight excluding hydrogens is 447 g/mol. The van der Waals surface area contributed by atoms with Crippen LogP contribution in [0.3, 0.4) is 0 Å². The molecule has 0 bridgehead atoms. The largest absolute Gasteiger partial charge is 0.496 e. The van der Waals surface area contributed by atoms with Crippen LogP contribution in [0, 0.1) is 12.3 Å². The van der Waals surface area contributed by atoms with Gasteiger partial charge in [0.25, 0.3) is 5.91 Å². The average molecular weight is 473 g/mol. The number of alkyl halides is 1. The third kappa shape index (κ3) is 6.32. The molecule has 1 amide bonds. The Morgan fingerprint density at radius 1 is 1.27 bits per heavy atom. The standard InChI is InChI=1S/C24H26ClFN4O3/c1-15-8-10-16(11-9-15)20-14-29-24(33-20)18(6-4-12-28-21(27)13-26)30-23(31)22-17(25)5-3-7-19(22)32-2/h3,5,7-11,14,18H,4,6,12-13H2,1-2H3,(H2,27,28)(H,30,31)/t18-/m0/s1. The van der Waals surface area contributed by atoms with Crippen LogP contribution in [0.5, 0.6) is 5.75 Å². The number of hydrogen-bond donors (Lipinski definition) is 3. The molecule has 0 fully saturated rings.